The van der Waals surface area contributed by atoms with Gasteiger partial charge < -0.3 is 5.73 Å². The number of anilines is 1. The van der Waals surface area contributed by atoms with Crippen molar-refractivity contribution in [3.8, 4) is 17.3 Å². The van der Waals surface area contributed by atoms with Crippen molar-refractivity contribution < 1.29 is 0 Å². The Labute approximate surface area is 104 Å². The largest absolute Gasteiger partial charge is 0.384 e. The Morgan fingerprint density at radius 1 is 1.22 bits per heavy atom. The lowest BCUT2D eigenvalue weighted by Crippen LogP contribution is -2.00. The zero-order valence-corrected chi connectivity index (χ0v) is 9.67. The molecule has 0 bridgehead atoms. The van der Waals surface area contributed by atoms with Crippen molar-refractivity contribution in [2.24, 2.45) is 0 Å². The molecule has 18 heavy (non-hydrogen) atoms. The van der Waals surface area contributed by atoms with Crippen molar-refractivity contribution in [3.63, 3.8) is 0 Å². The van der Waals surface area contributed by atoms with Crippen LogP contribution in [0.5, 0.6) is 0 Å². The molecule has 0 radical (unpaired) electrons. The average molecular weight is 237 g/mol. The second kappa shape index (κ2) is 4.08. The van der Waals surface area contributed by atoms with Crippen molar-refractivity contribution >= 4 is 5.82 Å². The van der Waals surface area contributed by atoms with Gasteiger partial charge in [0.25, 0.3) is 0 Å². The van der Waals surface area contributed by atoms with Gasteiger partial charge in [-0.25, -0.2) is 9.97 Å². The van der Waals surface area contributed by atoms with Gasteiger partial charge in [-0.15, -0.1) is 0 Å². The summed E-state index contributed by atoms with van der Waals surface area (Å²) in [4.78, 5) is 12.8. The third kappa shape index (κ3) is 2.00. The predicted molar refractivity (Wildman–Crippen MR) is 66.4 cm³/mol. The van der Waals surface area contributed by atoms with Gasteiger partial charge in [-0.3, -0.25) is 4.98 Å². The van der Waals surface area contributed by atoms with Gasteiger partial charge in [-0.05, 0) is 18.9 Å². The lowest BCUT2D eigenvalue weighted by atomic mass is 10.1. The Bertz CT molecular complexity index is 640. The van der Waals surface area contributed by atoms with E-state index in [0.29, 0.717) is 17.3 Å². The molecule has 3 rings (SSSR count). The van der Waals surface area contributed by atoms with E-state index in [1.54, 1.807) is 18.3 Å². The smallest absolute Gasteiger partial charge is 0.134 e. The topological polar surface area (TPSA) is 88.5 Å². The highest BCUT2D eigenvalue weighted by atomic mass is 15.0. The molecule has 88 valence electrons. The van der Waals surface area contributed by atoms with Gasteiger partial charge >= 0.3 is 0 Å². The van der Waals surface area contributed by atoms with Crippen molar-refractivity contribution in [1.29, 1.82) is 5.26 Å². The van der Waals surface area contributed by atoms with E-state index in [4.69, 9.17) is 11.0 Å². The highest BCUT2D eigenvalue weighted by molar-refractivity contribution is 5.62. The molecular weight excluding hydrogens is 226 g/mol. The molecule has 0 aliphatic heterocycles. The summed E-state index contributed by atoms with van der Waals surface area (Å²) < 4.78 is 0. The molecule has 1 saturated carbocycles. The monoisotopic (exact) mass is 237 g/mol. The van der Waals surface area contributed by atoms with Crippen LogP contribution in [0.4, 0.5) is 5.82 Å². The van der Waals surface area contributed by atoms with Crippen molar-refractivity contribution in [3.05, 3.63) is 35.9 Å². The van der Waals surface area contributed by atoms with E-state index < -0.39 is 0 Å². The van der Waals surface area contributed by atoms with Crippen molar-refractivity contribution in [2.75, 3.05) is 5.73 Å². The van der Waals surface area contributed by atoms with Crippen molar-refractivity contribution in [2.45, 2.75) is 18.8 Å². The number of nitrogens with two attached hydrogens (primary N) is 1. The minimum Gasteiger partial charge on any atom is -0.384 e. The fourth-order valence-corrected chi connectivity index (χ4v) is 1.80. The SMILES string of the molecule is N#Cc1cncc(-c2cc(N)nc(C3CC3)n2)c1. The van der Waals surface area contributed by atoms with E-state index in [-0.39, 0.29) is 0 Å². The fraction of sp³-hybridized carbons (Fsp3) is 0.231. The van der Waals surface area contributed by atoms with Crippen LogP contribution in [0.1, 0.15) is 30.1 Å². The first-order chi connectivity index (χ1) is 8.76. The highest BCUT2D eigenvalue weighted by Crippen LogP contribution is 2.38. The maximum absolute atomic E-state index is 8.87. The summed E-state index contributed by atoms with van der Waals surface area (Å²) in [6.45, 7) is 0. The standard InChI is InChI=1S/C13H11N5/c14-5-8-3-10(7-16-6-8)11-4-12(15)18-13(17-11)9-1-2-9/h3-4,6-7,9H,1-2H2,(H2,15,17,18). The number of hydrogen-bond acceptors (Lipinski definition) is 5. The van der Waals surface area contributed by atoms with Gasteiger partial charge in [-0.1, -0.05) is 0 Å². The minimum absolute atomic E-state index is 0.444. The minimum atomic E-state index is 0.444. The summed E-state index contributed by atoms with van der Waals surface area (Å²) in [7, 11) is 0. The van der Waals surface area contributed by atoms with Crippen LogP contribution in [0.25, 0.3) is 11.3 Å². The van der Waals surface area contributed by atoms with E-state index >= 15 is 0 Å². The molecular formula is C13H11N5. The zero-order valence-electron chi connectivity index (χ0n) is 9.67. The van der Waals surface area contributed by atoms with Crippen LogP contribution in [-0.2, 0) is 0 Å². The molecule has 5 heteroatoms. The first kappa shape index (κ1) is 10.7. The number of aromatic nitrogens is 3. The van der Waals surface area contributed by atoms with Crippen LogP contribution in [0.15, 0.2) is 24.5 Å². The normalized spacial score (nSPS) is 14.2. The Balaban J connectivity index is 2.07. The number of hydrogen-bond donors (Lipinski definition) is 1. The Morgan fingerprint density at radius 2 is 2.06 bits per heavy atom. The lowest BCUT2D eigenvalue weighted by Gasteiger charge is -2.05. The molecule has 1 aliphatic rings. The number of nitrogen functional groups attached to an aromatic ring is 1. The number of nitriles is 1. The average Bonchev–Trinajstić information content (AvgIpc) is 3.22. The third-order valence-electron chi connectivity index (χ3n) is 2.87. The molecule has 0 spiro atoms. The Hall–Kier alpha value is -2.48. The summed E-state index contributed by atoms with van der Waals surface area (Å²) >= 11 is 0. The van der Waals surface area contributed by atoms with Crippen LogP contribution in [0, 0.1) is 11.3 Å². The molecule has 0 atom stereocenters. The Morgan fingerprint density at radius 3 is 2.78 bits per heavy atom. The Kier molecular flexibility index (Phi) is 2.41. The quantitative estimate of drug-likeness (QED) is 0.861. The summed E-state index contributed by atoms with van der Waals surface area (Å²) in [6.07, 6.45) is 5.45. The molecule has 5 nitrogen and oxygen atoms in total. The van der Waals surface area contributed by atoms with Gasteiger partial charge in [0, 0.05) is 29.9 Å². The molecule has 0 aromatic carbocycles. The van der Waals surface area contributed by atoms with Gasteiger partial charge in [0.05, 0.1) is 11.3 Å². The second-order valence-electron chi connectivity index (χ2n) is 4.38. The van der Waals surface area contributed by atoms with Crippen molar-refractivity contribution in [1.82, 2.24) is 15.0 Å². The molecule has 2 heterocycles. The fourth-order valence-electron chi connectivity index (χ4n) is 1.80. The van der Waals surface area contributed by atoms with E-state index in [1.165, 1.54) is 6.20 Å². The molecule has 0 saturated heterocycles. The van der Waals surface area contributed by atoms with Gasteiger partial charge in [0.15, 0.2) is 0 Å². The summed E-state index contributed by atoms with van der Waals surface area (Å²) in [6, 6.07) is 5.53. The van der Waals surface area contributed by atoms with E-state index in [1.807, 2.05) is 0 Å². The first-order valence-electron chi connectivity index (χ1n) is 5.76. The predicted octanol–water partition coefficient (Wildman–Crippen LogP) is 1.87. The van der Waals surface area contributed by atoms with E-state index in [2.05, 4.69) is 21.0 Å². The molecule has 1 fully saturated rings. The molecule has 1 aliphatic carbocycles. The second-order valence-corrected chi connectivity index (χ2v) is 4.38. The number of nitrogens with zero attached hydrogens (tertiary/aromatic N) is 4. The van der Waals surface area contributed by atoms with Gasteiger partial charge in [-0.2, -0.15) is 5.26 Å². The van der Waals surface area contributed by atoms with Crippen LogP contribution < -0.4 is 5.73 Å². The zero-order chi connectivity index (χ0) is 12.5. The first-order valence-corrected chi connectivity index (χ1v) is 5.76. The maximum Gasteiger partial charge on any atom is 0.134 e. The third-order valence-corrected chi connectivity index (χ3v) is 2.87. The molecule has 2 N–H and O–H groups in total. The summed E-state index contributed by atoms with van der Waals surface area (Å²) in [5.74, 6) is 1.70. The van der Waals surface area contributed by atoms with Crippen LogP contribution in [0.3, 0.4) is 0 Å². The van der Waals surface area contributed by atoms with Gasteiger partial charge in [0.2, 0.25) is 0 Å². The van der Waals surface area contributed by atoms with Crippen LogP contribution >= 0.6 is 0 Å². The summed E-state index contributed by atoms with van der Waals surface area (Å²) in [5.41, 5.74) is 7.83. The van der Waals surface area contributed by atoms with E-state index in [9.17, 15) is 0 Å². The van der Waals surface area contributed by atoms with Gasteiger partial charge in [0.1, 0.15) is 17.7 Å². The van der Waals surface area contributed by atoms with E-state index in [0.717, 1.165) is 29.9 Å². The maximum atomic E-state index is 8.87. The molecule has 2 aromatic heterocycles. The molecule has 2 aromatic rings. The van der Waals surface area contributed by atoms with Crippen LogP contribution in [-0.4, -0.2) is 15.0 Å². The summed E-state index contributed by atoms with van der Waals surface area (Å²) in [5, 5.41) is 8.87. The molecule has 0 unspecified atom stereocenters. The number of rotatable bonds is 2. The molecule has 0 amide bonds. The number of pyridine rings is 1. The highest BCUT2D eigenvalue weighted by Gasteiger charge is 2.27. The van der Waals surface area contributed by atoms with Crippen LogP contribution in [0.2, 0.25) is 0 Å². The lowest BCUT2D eigenvalue weighted by molar-refractivity contribution is 0.935.